The van der Waals surface area contributed by atoms with Crippen LogP contribution in [0.1, 0.15) is 31.4 Å². The Hall–Kier alpha value is -1.06. The fourth-order valence-electron chi connectivity index (χ4n) is 3.07. The van der Waals surface area contributed by atoms with Crippen molar-refractivity contribution < 1.29 is 0 Å². The standard InChI is InChI=1S/C17H29N3/c1-5-18-12-16-7-8-17(11-14(16)2)20-10-6-9-19(4)13-15(20)3/h7-8,11,15,18H,5-6,9-10,12-13H2,1-4H3. The zero-order chi connectivity index (χ0) is 14.5. The number of hydrogen-bond acceptors (Lipinski definition) is 3. The summed E-state index contributed by atoms with van der Waals surface area (Å²) in [5, 5.41) is 3.41. The van der Waals surface area contributed by atoms with Crippen molar-refractivity contribution in [3.63, 3.8) is 0 Å². The summed E-state index contributed by atoms with van der Waals surface area (Å²) in [6, 6.07) is 7.52. The number of rotatable bonds is 4. The van der Waals surface area contributed by atoms with E-state index in [1.165, 1.54) is 29.8 Å². The molecule has 3 nitrogen and oxygen atoms in total. The van der Waals surface area contributed by atoms with E-state index in [2.05, 4.69) is 61.1 Å². The molecule has 1 fully saturated rings. The number of benzene rings is 1. The number of hydrogen-bond donors (Lipinski definition) is 1. The Balaban J connectivity index is 2.13. The normalized spacial score (nSPS) is 21.0. The molecule has 20 heavy (non-hydrogen) atoms. The maximum absolute atomic E-state index is 3.41. The van der Waals surface area contributed by atoms with Crippen LogP contribution in [-0.4, -0.2) is 44.2 Å². The highest BCUT2D eigenvalue weighted by Gasteiger charge is 2.20. The fourth-order valence-corrected chi connectivity index (χ4v) is 3.07. The Kier molecular flexibility index (Phi) is 5.44. The van der Waals surface area contributed by atoms with Crippen molar-refractivity contribution in [2.75, 3.05) is 38.1 Å². The van der Waals surface area contributed by atoms with Gasteiger partial charge in [0.1, 0.15) is 0 Å². The van der Waals surface area contributed by atoms with Gasteiger partial charge in [-0.25, -0.2) is 0 Å². The van der Waals surface area contributed by atoms with Crippen LogP contribution < -0.4 is 10.2 Å². The molecule has 112 valence electrons. The molecule has 1 N–H and O–H groups in total. The van der Waals surface area contributed by atoms with Crippen LogP contribution in [0.25, 0.3) is 0 Å². The van der Waals surface area contributed by atoms with Crippen molar-refractivity contribution in [1.82, 2.24) is 10.2 Å². The van der Waals surface area contributed by atoms with Crippen molar-refractivity contribution in [3.8, 4) is 0 Å². The lowest BCUT2D eigenvalue weighted by atomic mass is 10.1. The van der Waals surface area contributed by atoms with E-state index in [0.717, 1.165) is 26.2 Å². The average molecular weight is 275 g/mol. The van der Waals surface area contributed by atoms with Gasteiger partial charge >= 0.3 is 0 Å². The van der Waals surface area contributed by atoms with Gasteiger partial charge in [0.25, 0.3) is 0 Å². The number of likely N-dealkylation sites (N-methyl/N-ethyl adjacent to an activating group) is 1. The van der Waals surface area contributed by atoms with Crippen LogP contribution in [0, 0.1) is 6.92 Å². The Morgan fingerprint density at radius 3 is 2.80 bits per heavy atom. The predicted molar refractivity (Wildman–Crippen MR) is 87.5 cm³/mol. The summed E-state index contributed by atoms with van der Waals surface area (Å²) in [6.07, 6.45) is 1.25. The van der Waals surface area contributed by atoms with Crippen molar-refractivity contribution in [3.05, 3.63) is 29.3 Å². The van der Waals surface area contributed by atoms with Crippen LogP contribution in [0.5, 0.6) is 0 Å². The Morgan fingerprint density at radius 1 is 1.30 bits per heavy atom. The highest BCUT2D eigenvalue weighted by atomic mass is 15.2. The van der Waals surface area contributed by atoms with Crippen molar-refractivity contribution in [2.45, 2.75) is 39.8 Å². The van der Waals surface area contributed by atoms with Crippen LogP contribution in [-0.2, 0) is 6.54 Å². The van der Waals surface area contributed by atoms with E-state index >= 15 is 0 Å². The van der Waals surface area contributed by atoms with Crippen molar-refractivity contribution in [2.24, 2.45) is 0 Å². The van der Waals surface area contributed by atoms with E-state index < -0.39 is 0 Å². The van der Waals surface area contributed by atoms with Crippen LogP contribution in [0.4, 0.5) is 5.69 Å². The van der Waals surface area contributed by atoms with Crippen LogP contribution in [0.15, 0.2) is 18.2 Å². The lowest BCUT2D eigenvalue weighted by Crippen LogP contribution is -2.38. The SMILES string of the molecule is CCNCc1ccc(N2CCCN(C)CC2C)cc1C. The molecular weight excluding hydrogens is 246 g/mol. The first kappa shape index (κ1) is 15.3. The lowest BCUT2D eigenvalue weighted by Gasteiger charge is -2.30. The summed E-state index contributed by atoms with van der Waals surface area (Å²) in [5.41, 5.74) is 4.19. The molecule has 1 aliphatic rings. The number of aryl methyl sites for hydroxylation is 1. The molecule has 3 heteroatoms. The number of anilines is 1. The predicted octanol–water partition coefficient (Wildman–Crippen LogP) is 2.63. The molecule has 0 aliphatic carbocycles. The maximum atomic E-state index is 3.41. The maximum Gasteiger partial charge on any atom is 0.0388 e. The van der Waals surface area contributed by atoms with Gasteiger partial charge < -0.3 is 15.1 Å². The molecule has 1 aliphatic heterocycles. The minimum Gasteiger partial charge on any atom is -0.367 e. The summed E-state index contributed by atoms with van der Waals surface area (Å²) >= 11 is 0. The van der Waals surface area contributed by atoms with Crippen LogP contribution in [0.3, 0.4) is 0 Å². The Morgan fingerprint density at radius 2 is 2.10 bits per heavy atom. The van der Waals surface area contributed by atoms with E-state index in [4.69, 9.17) is 0 Å². The Bertz CT molecular complexity index is 430. The van der Waals surface area contributed by atoms with E-state index in [-0.39, 0.29) is 0 Å². The van der Waals surface area contributed by atoms with Gasteiger partial charge in [-0.2, -0.15) is 0 Å². The zero-order valence-corrected chi connectivity index (χ0v) is 13.4. The van der Waals surface area contributed by atoms with Crippen molar-refractivity contribution >= 4 is 5.69 Å². The number of nitrogens with one attached hydrogen (secondary N) is 1. The second kappa shape index (κ2) is 7.09. The van der Waals surface area contributed by atoms with Crippen LogP contribution >= 0.6 is 0 Å². The first-order chi connectivity index (χ1) is 9.61. The molecule has 1 unspecified atom stereocenters. The van der Waals surface area contributed by atoms with E-state index in [9.17, 15) is 0 Å². The molecule has 2 rings (SSSR count). The first-order valence-electron chi connectivity index (χ1n) is 7.87. The first-order valence-corrected chi connectivity index (χ1v) is 7.87. The molecular formula is C17H29N3. The fraction of sp³-hybridized carbons (Fsp3) is 0.647. The van der Waals surface area contributed by atoms with Crippen molar-refractivity contribution in [1.29, 1.82) is 0 Å². The highest BCUT2D eigenvalue weighted by molar-refractivity contribution is 5.51. The molecule has 0 saturated carbocycles. The lowest BCUT2D eigenvalue weighted by molar-refractivity contribution is 0.337. The smallest absolute Gasteiger partial charge is 0.0388 e. The minimum absolute atomic E-state index is 0.585. The quantitative estimate of drug-likeness (QED) is 0.911. The van der Waals surface area contributed by atoms with Crippen LogP contribution in [0.2, 0.25) is 0 Å². The van der Waals surface area contributed by atoms with Gasteiger partial charge in [-0.3, -0.25) is 0 Å². The summed E-state index contributed by atoms with van der Waals surface area (Å²) in [6.45, 7) is 12.2. The monoisotopic (exact) mass is 275 g/mol. The highest BCUT2D eigenvalue weighted by Crippen LogP contribution is 2.23. The average Bonchev–Trinajstić information content (AvgIpc) is 2.58. The molecule has 1 heterocycles. The van der Waals surface area contributed by atoms with Gasteiger partial charge in [0.2, 0.25) is 0 Å². The summed E-state index contributed by atoms with van der Waals surface area (Å²) in [7, 11) is 2.23. The number of nitrogens with zero attached hydrogens (tertiary/aromatic N) is 2. The molecule has 1 atom stereocenters. The van der Waals surface area contributed by atoms with Gasteiger partial charge in [0, 0.05) is 31.4 Å². The summed E-state index contributed by atoms with van der Waals surface area (Å²) < 4.78 is 0. The molecule has 1 aromatic carbocycles. The topological polar surface area (TPSA) is 18.5 Å². The molecule has 0 radical (unpaired) electrons. The van der Waals surface area contributed by atoms with Gasteiger partial charge in [0.05, 0.1) is 0 Å². The van der Waals surface area contributed by atoms with E-state index in [0.29, 0.717) is 6.04 Å². The third-order valence-electron chi connectivity index (χ3n) is 4.27. The molecule has 0 aromatic heterocycles. The second-order valence-electron chi connectivity index (χ2n) is 6.05. The van der Waals surface area contributed by atoms with Gasteiger partial charge in [0.15, 0.2) is 0 Å². The third-order valence-corrected chi connectivity index (χ3v) is 4.27. The minimum atomic E-state index is 0.585. The molecule has 0 bridgehead atoms. The second-order valence-corrected chi connectivity index (χ2v) is 6.05. The molecule has 1 saturated heterocycles. The summed E-state index contributed by atoms with van der Waals surface area (Å²) in [4.78, 5) is 5.00. The van der Waals surface area contributed by atoms with Gasteiger partial charge in [-0.15, -0.1) is 0 Å². The summed E-state index contributed by atoms with van der Waals surface area (Å²) in [5.74, 6) is 0. The van der Waals surface area contributed by atoms with Gasteiger partial charge in [-0.1, -0.05) is 13.0 Å². The molecule has 1 aromatic rings. The zero-order valence-electron chi connectivity index (χ0n) is 13.4. The van der Waals surface area contributed by atoms with E-state index in [1.54, 1.807) is 0 Å². The molecule has 0 spiro atoms. The largest absolute Gasteiger partial charge is 0.367 e. The van der Waals surface area contributed by atoms with Gasteiger partial charge in [-0.05, 0) is 63.7 Å². The van der Waals surface area contributed by atoms with E-state index in [1.807, 2.05) is 0 Å². The Labute approximate surface area is 124 Å². The molecule has 0 amide bonds. The third kappa shape index (κ3) is 3.74.